The van der Waals surface area contributed by atoms with E-state index in [2.05, 4.69) is 4.72 Å². The minimum absolute atomic E-state index is 0.0909. The summed E-state index contributed by atoms with van der Waals surface area (Å²) in [5.74, 6) is -2.77. The number of rotatable bonds is 7. The van der Waals surface area contributed by atoms with E-state index < -0.39 is 33.9 Å². The van der Waals surface area contributed by atoms with E-state index in [-0.39, 0.29) is 4.90 Å². The monoisotopic (exact) mass is 327 g/mol. The molecule has 0 radical (unpaired) electrons. The largest absolute Gasteiger partial charge is 0.480 e. The maximum absolute atomic E-state index is 12.1. The Balaban J connectivity index is 2.99. The number of benzene rings is 1. The molecule has 8 heteroatoms. The Morgan fingerprint density at radius 3 is 2.09 bits per heavy atom. The lowest BCUT2D eigenvalue weighted by atomic mass is 10.1. The van der Waals surface area contributed by atoms with Crippen LogP contribution in [-0.2, 0) is 19.6 Å². The molecule has 0 bridgehead atoms. The van der Waals surface area contributed by atoms with Gasteiger partial charge in [0, 0.05) is 6.08 Å². The highest BCUT2D eigenvalue weighted by Gasteiger charge is 2.27. The maximum Gasteiger partial charge on any atom is 0.328 e. The second kappa shape index (κ2) is 7.19. The molecule has 0 heterocycles. The SMILES string of the molecule is CC(C)[C@H](NS(=O)(=O)c1ccc(/C=C/C(=O)O)cc1)C(=O)O. The van der Waals surface area contributed by atoms with Gasteiger partial charge in [0.2, 0.25) is 10.0 Å². The van der Waals surface area contributed by atoms with Crippen LogP contribution in [0.2, 0.25) is 0 Å². The van der Waals surface area contributed by atoms with E-state index in [1.807, 2.05) is 0 Å². The Labute approximate surface area is 128 Å². The van der Waals surface area contributed by atoms with E-state index in [1.54, 1.807) is 13.8 Å². The van der Waals surface area contributed by atoms with Gasteiger partial charge >= 0.3 is 11.9 Å². The van der Waals surface area contributed by atoms with Crippen LogP contribution in [0.3, 0.4) is 0 Å². The highest BCUT2D eigenvalue weighted by Crippen LogP contribution is 2.14. The molecule has 7 nitrogen and oxygen atoms in total. The molecule has 0 unspecified atom stereocenters. The Hall–Kier alpha value is -2.19. The number of aliphatic carboxylic acids is 2. The molecule has 1 aromatic rings. The molecule has 0 amide bonds. The van der Waals surface area contributed by atoms with E-state index in [1.165, 1.54) is 30.3 Å². The molecule has 1 aromatic carbocycles. The molecule has 0 aliphatic heterocycles. The normalized spacial score (nSPS) is 13.4. The molecule has 1 rings (SSSR count). The van der Waals surface area contributed by atoms with Crippen LogP contribution in [0.4, 0.5) is 0 Å². The number of hydrogen-bond donors (Lipinski definition) is 3. The molecule has 0 spiro atoms. The Bertz CT molecular complexity index is 676. The minimum atomic E-state index is -3.97. The van der Waals surface area contributed by atoms with Gasteiger partial charge in [-0.25, -0.2) is 13.2 Å². The summed E-state index contributed by atoms with van der Waals surface area (Å²) in [5.41, 5.74) is 0.514. The lowest BCUT2D eigenvalue weighted by Gasteiger charge is -2.18. The first-order valence-electron chi connectivity index (χ1n) is 6.39. The number of nitrogens with one attached hydrogen (secondary N) is 1. The first-order valence-corrected chi connectivity index (χ1v) is 7.88. The fraction of sp³-hybridized carbons (Fsp3) is 0.286. The standard InChI is InChI=1S/C14H17NO6S/c1-9(2)13(14(18)19)15-22(20,21)11-6-3-10(4-7-11)5-8-12(16)17/h3-9,13,15H,1-2H3,(H,16,17)(H,18,19)/b8-5+/t13-/m0/s1. The molecule has 0 saturated carbocycles. The van der Waals surface area contributed by atoms with Crippen molar-refractivity contribution in [2.45, 2.75) is 24.8 Å². The lowest BCUT2D eigenvalue weighted by Crippen LogP contribution is -2.44. The number of sulfonamides is 1. The predicted molar refractivity (Wildman–Crippen MR) is 79.7 cm³/mol. The highest BCUT2D eigenvalue weighted by atomic mass is 32.2. The van der Waals surface area contributed by atoms with E-state index in [9.17, 15) is 18.0 Å². The van der Waals surface area contributed by atoms with E-state index in [0.717, 1.165) is 6.08 Å². The van der Waals surface area contributed by atoms with Crippen molar-refractivity contribution < 1.29 is 28.2 Å². The molecule has 3 N–H and O–H groups in total. The third-order valence-electron chi connectivity index (χ3n) is 2.82. The molecule has 0 aliphatic carbocycles. The zero-order chi connectivity index (χ0) is 16.9. The molecule has 0 aliphatic rings. The number of hydrogen-bond acceptors (Lipinski definition) is 4. The van der Waals surface area contributed by atoms with Gasteiger partial charge in [0.15, 0.2) is 0 Å². The molecule has 0 saturated heterocycles. The van der Waals surface area contributed by atoms with Gasteiger partial charge in [-0.3, -0.25) is 4.79 Å². The van der Waals surface area contributed by atoms with Gasteiger partial charge in [-0.1, -0.05) is 26.0 Å². The molecule has 1 atom stereocenters. The molecule has 0 aromatic heterocycles. The fourth-order valence-corrected chi connectivity index (χ4v) is 2.97. The van der Waals surface area contributed by atoms with Crippen molar-refractivity contribution >= 4 is 28.0 Å². The molecular formula is C14H17NO6S. The third-order valence-corrected chi connectivity index (χ3v) is 4.28. The Kier molecular flexibility index (Phi) is 5.84. The summed E-state index contributed by atoms with van der Waals surface area (Å²) in [6.07, 6.45) is 2.25. The van der Waals surface area contributed by atoms with Gasteiger partial charge < -0.3 is 10.2 Å². The average molecular weight is 327 g/mol. The second-order valence-corrected chi connectivity index (χ2v) is 6.64. The van der Waals surface area contributed by atoms with Crippen molar-refractivity contribution in [1.29, 1.82) is 0 Å². The number of carboxylic acid groups (broad SMARTS) is 2. The van der Waals surface area contributed by atoms with Crippen molar-refractivity contribution in [2.75, 3.05) is 0 Å². The van der Waals surface area contributed by atoms with Crippen LogP contribution in [-0.4, -0.2) is 36.6 Å². The summed E-state index contributed by atoms with van der Waals surface area (Å²) in [5, 5.41) is 17.5. The molecule has 120 valence electrons. The average Bonchev–Trinajstić information content (AvgIpc) is 2.42. The smallest absolute Gasteiger partial charge is 0.328 e. The lowest BCUT2D eigenvalue weighted by molar-refractivity contribution is -0.140. The van der Waals surface area contributed by atoms with Crippen LogP contribution in [0.15, 0.2) is 35.2 Å². The quantitative estimate of drug-likeness (QED) is 0.647. The summed E-state index contributed by atoms with van der Waals surface area (Å²) in [6.45, 7) is 3.20. The van der Waals surface area contributed by atoms with Crippen LogP contribution >= 0.6 is 0 Å². The Morgan fingerprint density at radius 2 is 1.68 bits per heavy atom. The molecule has 22 heavy (non-hydrogen) atoms. The van der Waals surface area contributed by atoms with Crippen molar-refractivity contribution in [3.63, 3.8) is 0 Å². The summed E-state index contributed by atoms with van der Waals surface area (Å²) in [7, 11) is -3.97. The van der Waals surface area contributed by atoms with Gasteiger partial charge in [-0.05, 0) is 29.7 Å². The zero-order valence-corrected chi connectivity index (χ0v) is 12.9. The van der Waals surface area contributed by atoms with Gasteiger partial charge in [-0.2, -0.15) is 4.72 Å². The van der Waals surface area contributed by atoms with Crippen LogP contribution in [0.25, 0.3) is 6.08 Å². The zero-order valence-electron chi connectivity index (χ0n) is 12.1. The van der Waals surface area contributed by atoms with Crippen molar-refractivity contribution in [1.82, 2.24) is 4.72 Å². The van der Waals surface area contributed by atoms with Gasteiger partial charge in [0.05, 0.1) is 4.90 Å². The van der Waals surface area contributed by atoms with Gasteiger partial charge in [0.1, 0.15) is 6.04 Å². The van der Waals surface area contributed by atoms with Crippen molar-refractivity contribution in [2.24, 2.45) is 5.92 Å². The van der Waals surface area contributed by atoms with Gasteiger partial charge in [-0.15, -0.1) is 0 Å². The van der Waals surface area contributed by atoms with Crippen molar-refractivity contribution in [3.05, 3.63) is 35.9 Å². The first kappa shape index (κ1) is 17.9. The summed E-state index contributed by atoms with van der Waals surface area (Å²) in [6, 6.07) is 4.20. The van der Waals surface area contributed by atoms with Crippen molar-refractivity contribution in [3.8, 4) is 0 Å². The summed E-state index contributed by atoms with van der Waals surface area (Å²) < 4.78 is 26.4. The number of carbonyl (C=O) groups is 2. The maximum atomic E-state index is 12.1. The van der Waals surface area contributed by atoms with E-state index >= 15 is 0 Å². The van der Waals surface area contributed by atoms with Crippen LogP contribution in [0.1, 0.15) is 19.4 Å². The summed E-state index contributed by atoms with van der Waals surface area (Å²) >= 11 is 0. The molecule has 0 fully saturated rings. The number of carboxylic acids is 2. The van der Waals surface area contributed by atoms with Crippen LogP contribution < -0.4 is 4.72 Å². The first-order chi connectivity index (χ1) is 10.1. The molecular weight excluding hydrogens is 310 g/mol. The predicted octanol–water partition coefficient (Wildman–Crippen LogP) is 1.17. The van der Waals surface area contributed by atoms with Gasteiger partial charge in [0.25, 0.3) is 0 Å². The second-order valence-electron chi connectivity index (χ2n) is 4.92. The van der Waals surface area contributed by atoms with Crippen LogP contribution in [0, 0.1) is 5.92 Å². The Morgan fingerprint density at radius 1 is 1.14 bits per heavy atom. The topological polar surface area (TPSA) is 121 Å². The highest BCUT2D eigenvalue weighted by molar-refractivity contribution is 7.89. The van der Waals surface area contributed by atoms with E-state index in [0.29, 0.717) is 5.56 Å². The minimum Gasteiger partial charge on any atom is -0.480 e. The fourth-order valence-electron chi connectivity index (χ4n) is 1.63. The summed E-state index contributed by atoms with van der Waals surface area (Å²) in [4.78, 5) is 21.4. The van der Waals surface area contributed by atoms with Crippen LogP contribution in [0.5, 0.6) is 0 Å². The third kappa shape index (κ3) is 4.97. The van der Waals surface area contributed by atoms with E-state index in [4.69, 9.17) is 10.2 Å².